The lowest BCUT2D eigenvalue weighted by atomic mass is 9.87. The number of halogens is 1. The second kappa shape index (κ2) is 3.93. The van der Waals surface area contributed by atoms with Crippen LogP contribution in [0.25, 0.3) is 0 Å². The second-order valence-corrected chi connectivity index (χ2v) is 5.34. The number of carbonyl (C=O) groups is 1. The van der Waals surface area contributed by atoms with E-state index in [1.54, 1.807) is 11.3 Å². The Bertz CT molecular complexity index is 308. The molecule has 13 heavy (non-hydrogen) atoms. The number of ketones is 1. The molecular weight excluding hydrogens is 248 g/mol. The van der Waals surface area contributed by atoms with Crippen molar-refractivity contribution in [3.05, 3.63) is 20.8 Å². The van der Waals surface area contributed by atoms with Gasteiger partial charge in [0, 0.05) is 27.6 Å². The highest BCUT2D eigenvalue weighted by atomic mass is 79.9. The fourth-order valence-corrected chi connectivity index (χ4v) is 3.39. The van der Waals surface area contributed by atoms with Crippen molar-refractivity contribution in [1.29, 1.82) is 0 Å². The summed E-state index contributed by atoms with van der Waals surface area (Å²) >= 11 is 5.25. The Morgan fingerprint density at radius 2 is 2.08 bits per heavy atom. The maximum absolute atomic E-state index is 11.0. The first-order valence-corrected chi connectivity index (χ1v) is 6.18. The molecule has 1 saturated carbocycles. The lowest BCUT2D eigenvalue weighted by Crippen LogP contribution is -2.11. The number of thiophene rings is 1. The molecule has 3 heteroatoms. The monoisotopic (exact) mass is 258 g/mol. The van der Waals surface area contributed by atoms with Gasteiger partial charge in [-0.1, -0.05) is 0 Å². The molecule has 1 heterocycles. The van der Waals surface area contributed by atoms with Crippen molar-refractivity contribution >= 4 is 33.0 Å². The molecule has 1 aliphatic carbocycles. The van der Waals surface area contributed by atoms with Crippen molar-refractivity contribution in [3.8, 4) is 0 Å². The van der Waals surface area contributed by atoms with Crippen molar-refractivity contribution in [2.75, 3.05) is 0 Å². The predicted molar refractivity (Wildman–Crippen MR) is 58.2 cm³/mol. The van der Waals surface area contributed by atoms with Gasteiger partial charge in [0.15, 0.2) is 0 Å². The summed E-state index contributed by atoms with van der Waals surface area (Å²) in [6.45, 7) is 0. The lowest BCUT2D eigenvalue weighted by Gasteiger charge is -2.19. The molecule has 1 nitrogen and oxygen atoms in total. The summed E-state index contributed by atoms with van der Waals surface area (Å²) in [4.78, 5) is 12.5. The number of rotatable bonds is 1. The van der Waals surface area contributed by atoms with Gasteiger partial charge in [0.25, 0.3) is 0 Å². The van der Waals surface area contributed by atoms with Crippen molar-refractivity contribution < 1.29 is 4.79 Å². The van der Waals surface area contributed by atoms with Crippen LogP contribution in [0.5, 0.6) is 0 Å². The van der Waals surface area contributed by atoms with Gasteiger partial charge in [-0.25, -0.2) is 0 Å². The molecule has 0 unspecified atom stereocenters. The highest BCUT2D eigenvalue weighted by Crippen LogP contribution is 2.35. The maximum Gasteiger partial charge on any atom is 0.132 e. The van der Waals surface area contributed by atoms with E-state index < -0.39 is 0 Å². The van der Waals surface area contributed by atoms with Crippen LogP contribution in [-0.4, -0.2) is 5.78 Å². The summed E-state index contributed by atoms with van der Waals surface area (Å²) in [6.07, 6.45) is 3.65. The molecule has 0 aromatic carbocycles. The lowest BCUT2D eigenvalue weighted by molar-refractivity contribution is -0.120. The average molecular weight is 259 g/mol. The SMILES string of the molecule is O=C1CCC(c2cc(Br)cs2)CC1. The van der Waals surface area contributed by atoms with Gasteiger partial charge in [-0.2, -0.15) is 0 Å². The van der Waals surface area contributed by atoms with E-state index in [-0.39, 0.29) is 0 Å². The minimum absolute atomic E-state index is 0.437. The van der Waals surface area contributed by atoms with E-state index in [0.29, 0.717) is 11.7 Å². The summed E-state index contributed by atoms with van der Waals surface area (Å²) in [6, 6.07) is 2.19. The normalized spacial score (nSPS) is 19.3. The third-order valence-electron chi connectivity index (χ3n) is 2.53. The van der Waals surface area contributed by atoms with E-state index in [4.69, 9.17) is 0 Å². The molecule has 0 atom stereocenters. The van der Waals surface area contributed by atoms with Crippen LogP contribution in [0, 0.1) is 0 Å². The van der Waals surface area contributed by atoms with Crippen LogP contribution in [0.3, 0.4) is 0 Å². The fourth-order valence-electron chi connectivity index (χ4n) is 1.77. The molecule has 0 bridgehead atoms. The molecule has 0 N–H and O–H groups in total. The van der Waals surface area contributed by atoms with Gasteiger partial charge in [0.2, 0.25) is 0 Å². The van der Waals surface area contributed by atoms with Gasteiger partial charge in [0.05, 0.1) is 0 Å². The van der Waals surface area contributed by atoms with Crippen LogP contribution in [-0.2, 0) is 4.79 Å². The predicted octanol–water partition coefficient (Wildman–Crippen LogP) is 3.74. The van der Waals surface area contributed by atoms with Crippen LogP contribution in [0.1, 0.15) is 36.5 Å². The van der Waals surface area contributed by atoms with Gasteiger partial charge in [-0.05, 0) is 40.8 Å². The van der Waals surface area contributed by atoms with Crippen LogP contribution in [0.15, 0.2) is 15.9 Å². The van der Waals surface area contributed by atoms with Gasteiger partial charge in [-0.15, -0.1) is 11.3 Å². The van der Waals surface area contributed by atoms with Crippen molar-refractivity contribution in [2.45, 2.75) is 31.6 Å². The van der Waals surface area contributed by atoms with Crippen LogP contribution < -0.4 is 0 Å². The van der Waals surface area contributed by atoms with Gasteiger partial charge >= 0.3 is 0 Å². The van der Waals surface area contributed by atoms with Crippen molar-refractivity contribution in [1.82, 2.24) is 0 Å². The van der Waals surface area contributed by atoms with Gasteiger partial charge < -0.3 is 0 Å². The molecule has 1 aromatic rings. The van der Waals surface area contributed by atoms with E-state index in [1.807, 2.05) is 0 Å². The Kier molecular flexibility index (Phi) is 2.84. The van der Waals surface area contributed by atoms with Gasteiger partial charge in [0.1, 0.15) is 5.78 Å². The fraction of sp³-hybridized carbons (Fsp3) is 0.500. The third-order valence-corrected chi connectivity index (χ3v) is 4.39. The van der Waals surface area contributed by atoms with E-state index in [0.717, 1.165) is 25.7 Å². The van der Waals surface area contributed by atoms with Gasteiger partial charge in [-0.3, -0.25) is 4.79 Å². The van der Waals surface area contributed by atoms with E-state index in [9.17, 15) is 4.79 Å². The molecule has 1 aromatic heterocycles. The first-order valence-electron chi connectivity index (χ1n) is 4.51. The zero-order chi connectivity index (χ0) is 9.26. The molecule has 2 rings (SSSR count). The first-order chi connectivity index (χ1) is 6.25. The van der Waals surface area contributed by atoms with Crippen LogP contribution in [0.2, 0.25) is 0 Å². The topological polar surface area (TPSA) is 17.1 Å². The molecule has 0 saturated heterocycles. The molecule has 0 aliphatic heterocycles. The quantitative estimate of drug-likeness (QED) is 0.750. The van der Waals surface area contributed by atoms with E-state index >= 15 is 0 Å². The summed E-state index contributed by atoms with van der Waals surface area (Å²) < 4.78 is 1.17. The molecule has 0 amide bonds. The Hall–Kier alpha value is -0.150. The summed E-state index contributed by atoms with van der Waals surface area (Å²) in [5.74, 6) is 1.07. The minimum Gasteiger partial charge on any atom is -0.300 e. The zero-order valence-electron chi connectivity index (χ0n) is 7.25. The molecule has 1 aliphatic rings. The maximum atomic E-state index is 11.0. The first kappa shape index (κ1) is 9.41. The highest BCUT2D eigenvalue weighted by Gasteiger charge is 2.20. The average Bonchev–Trinajstić information content (AvgIpc) is 2.53. The zero-order valence-corrected chi connectivity index (χ0v) is 9.66. The molecule has 0 radical (unpaired) electrons. The summed E-state index contributed by atoms with van der Waals surface area (Å²) in [7, 11) is 0. The third kappa shape index (κ3) is 2.20. The summed E-state index contributed by atoms with van der Waals surface area (Å²) in [5, 5.41) is 2.12. The van der Waals surface area contributed by atoms with Crippen LogP contribution in [0.4, 0.5) is 0 Å². The van der Waals surface area contributed by atoms with E-state index in [2.05, 4.69) is 27.4 Å². The van der Waals surface area contributed by atoms with Crippen molar-refractivity contribution in [3.63, 3.8) is 0 Å². The Morgan fingerprint density at radius 1 is 1.38 bits per heavy atom. The highest BCUT2D eigenvalue weighted by molar-refractivity contribution is 9.10. The minimum atomic E-state index is 0.437. The molecule has 0 spiro atoms. The smallest absolute Gasteiger partial charge is 0.132 e. The Balaban J connectivity index is 2.06. The van der Waals surface area contributed by atoms with E-state index in [1.165, 1.54) is 9.35 Å². The number of hydrogen-bond donors (Lipinski definition) is 0. The Labute approximate surface area is 90.3 Å². The Morgan fingerprint density at radius 3 is 2.62 bits per heavy atom. The number of Topliss-reactive ketones (excluding diaryl/α,β-unsaturated/α-hetero) is 1. The standard InChI is InChI=1S/C10H11BrOS/c11-8-5-10(13-6-8)7-1-3-9(12)4-2-7/h5-7H,1-4H2. The largest absolute Gasteiger partial charge is 0.300 e. The van der Waals surface area contributed by atoms with Crippen molar-refractivity contribution in [2.24, 2.45) is 0 Å². The molecule has 1 fully saturated rings. The second-order valence-electron chi connectivity index (χ2n) is 3.48. The number of carbonyl (C=O) groups excluding carboxylic acids is 1. The summed E-state index contributed by atoms with van der Waals surface area (Å²) in [5.41, 5.74) is 0. The van der Waals surface area contributed by atoms with Crippen LogP contribution >= 0.6 is 27.3 Å². The molecule has 70 valence electrons. The molecular formula is C10H11BrOS. The number of hydrogen-bond acceptors (Lipinski definition) is 2.